The van der Waals surface area contributed by atoms with Crippen LogP contribution in [0.25, 0.3) is 0 Å². The van der Waals surface area contributed by atoms with Crippen LogP contribution in [0.5, 0.6) is 0 Å². The molecule has 1 saturated carbocycles. The van der Waals surface area contributed by atoms with Crippen LogP contribution in [0.3, 0.4) is 0 Å². The first-order valence-corrected chi connectivity index (χ1v) is 5.88. The van der Waals surface area contributed by atoms with Crippen LogP contribution in [0.2, 0.25) is 0 Å². The number of rotatable bonds is 2. The van der Waals surface area contributed by atoms with Gasteiger partial charge in [-0.3, -0.25) is 4.79 Å². The van der Waals surface area contributed by atoms with Crippen LogP contribution in [-0.2, 0) is 4.79 Å². The second kappa shape index (κ2) is 4.10. The highest BCUT2D eigenvalue weighted by Crippen LogP contribution is 2.31. The Bertz CT molecular complexity index is 251. The topological polar surface area (TPSA) is 66.6 Å². The third-order valence-corrected chi connectivity index (χ3v) is 3.84. The number of hydrogen-bond acceptors (Lipinski definition) is 3. The monoisotopic (exact) mass is 212 g/mol. The van der Waals surface area contributed by atoms with E-state index >= 15 is 0 Å². The zero-order valence-electron chi connectivity index (χ0n) is 9.11. The van der Waals surface area contributed by atoms with Gasteiger partial charge in [-0.2, -0.15) is 0 Å². The molecule has 1 saturated heterocycles. The number of carboxylic acid groups (broad SMARTS) is 1. The highest BCUT2D eigenvalue weighted by molar-refractivity contribution is 5.78. The number of nitrogens with two attached hydrogens (primary N) is 1. The largest absolute Gasteiger partial charge is 0.480 e. The molecule has 2 unspecified atom stereocenters. The van der Waals surface area contributed by atoms with E-state index in [4.69, 9.17) is 10.8 Å². The van der Waals surface area contributed by atoms with Crippen LogP contribution in [0.4, 0.5) is 0 Å². The minimum absolute atomic E-state index is 0.405. The second-order valence-corrected chi connectivity index (χ2v) is 4.95. The van der Waals surface area contributed by atoms with Gasteiger partial charge in [-0.1, -0.05) is 0 Å². The minimum Gasteiger partial charge on any atom is -0.480 e. The molecule has 0 aromatic carbocycles. The summed E-state index contributed by atoms with van der Waals surface area (Å²) in [5.41, 5.74) is 4.97. The SMILES string of the molecule is NC1(C(=O)O)CCCC(N2CCCC2)C1. The fourth-order valence-corrected chi connectivity index (χ4v) is 2.89. The number of carbonyl (C=O) groups is 1. The van der Waals surface area contributed by atoms with Crippen molar-refractivity contribution in [3.8, 4) is 0 Å². The smallest absolute Gasteiger partial charge is 0.323 e. The molecule has 1 aliphatic heterocycles. The minimum atomic E-state index is -0.967. The van der Waals surface area contributed by atoms with E-state index in [-0.39, 0.29) is 0 Å². The molecule has 4 heteroatoms. The molecule has 2 atom stereocenters. The fraction of sp³-hybridized carbons (Fsp3) is 0.909. The van der Waals surface area contributed by atoms with Crippen LogP contribution in [0.1, 0.15) is 38.5 Å². The van der Waals surface area contributed by atoms with Gasteiger partial charge >= 0.3 is 5.97 Å². The van der Waals surface area contributed by atoms with E-state index in [1.165, 1.54) is 12.8 Å². The summed E-state index contributed by atoms with van der Waals surface area (Å²) in [5.74, 6) is -0.827. The van der Waals surface area contributed by atoms with E-state index in [9.17, 15) is 4.79 Å². The third-order valence-electron chi connectivity index (χ3n) is 3.84. The maximum atomic E-state index is 11.1. The number of carboxylic acids is 1. The average Bonchev–Trinajstić information content (AvgIpc) is 2.70. The molecule has 86 valence electrons. The molecule has 0 aromatic rings. The van der Waals surface area contributed by atoms with Crippen LogP contribution in [0, 0.1) is 0 Å². The first kappa shape index (κ1) is 10.9. The van der Waals surface area contributed by atoms with Gasteiger partial charge in [0.05, 0.1) is 0 Å². The Morgan fingerprint density at radius 2 is 2.00 bits per heavy atom. The van der Waals surface area contributed by atoms with Gasteiger partial charge in [-0.05, 0) is 51.6 Å². The molecule has 2 fully saturated rings. The van der Waals surface area contributed by atoms with Gasteiger partial charge in [0.2, 0.25) is 0 Å². The molecular weight excluding hydrogens is 192 g/mol. The van der Waals surface area contributed by atoms with E-state index in [0.29, 0.717) is 18.9 Å². The molecule has 0 spiro atoms. The van der Waals surface area contributed by atoms with Crippen molar-refractivity contribution < 1.29 is 9.90 Å². The van der Waals surface area contributed by atoms with Gasteiger partial charge in [0.1, 0.15) is 5.54 Å². The van der Waals surface area contributed by atoms with E-state index < -0.39 is 11.5 Å². The van der Waals surface area contributed by atoms with E-state index in [0.717, 1.165) is 25.9 Å². The van der Waals surface area contributed by atoms with Gasteiger partial charge in [0.15, 0.2) is 0 Å². The highest BCUT2D eigenvalue weighted by atomic mass is 16.4. The van der Waals surface area contributed by atoms with E-state index in [1.54, 1.807) is 0 Å². The van der Waals surface area contributed by atoms with Crippen molar-refractivity contribution in [2.75, 3.05) is 13.1 Å². The summed E-state index contributed by atoms with van der Waals surface area (Å²) < 4.78 is 0. The Labute approximate surface area is 90.4 Å². The summed E-state index contributed by atoms with van der Waals surface area (Å²) in [6.07, 6.45) is 5.83. The van der Waals surface area contributed by atoms with Crippen LogP contribution >= 0.6 is 0 Å². The van der Waals surface area contributed by atoms with Gasteiger partial charge < -0.3 is 15.7 Å². The summed E-state index contributed by atoms with van der Waals surface area (Å²) in [5, 5.41) is 9.11. The van der Waals surface area contributed by atoms with Crippen molar-refractivity contribution in [2.45, 2.75) is 50.1 Å². The number of nitrogens with zero attached hydrogens (tertiary/aromatic N) is 1. The zero-order valence-corrected chi connectivity index (χ0v) is 9.11. The van der Waals surface area contributed by atoms with Crippen LogP contribution < -0.4 is 5.73 Å². The number of likely N-dealkylation sites (tertiary alicyclic amines) is 1. The van der Waals surface area contributed by atoms with Crippen molar-refractivity contribution in [1.82, 2.24) is 4.90 Å². The Morgan fingerprint density at radius 1 is 1.33 bits per heavy atom. The molecule has 15 heavy (non-hydrogen) atoms. The quantitative estimate of drug-likeness (QED) is 0.710. The lowest BCUT2D eigenvalue weighted by Gasteiger charge is -2.38. The predicted octanol–water partition coefficient (Wildman–Crippen LogP) is 0.807. The lowest BCUT2D eigenvalue weighted by atomic mass is 9.79. The lowest BCUT2D eigenvalue weighted by Crippen LogP contribution is -2.55. The summed E-state index contributed by atoms with van der Waals surface area (Å²) in [6.45, 7) is 2.25. The van der Waals surface area contributed by atoms with Gasteiger partial charge in [0.25, 0.3) is 0 Å². The fourth-order valence-electron chi connectivity index (χ4n) is 2.89. The maximum Gasteiger partial charge on any atom is 0.323 e. The zero-order chi connectivity index (χ0) is 10.9. The molecule has 2 aliphatic rings. The second-order valence-electron chi connectivity index (χ2n) is 4.95. The molecule has 3 N–H and O–H groups in total. The Morgan fingerprint density at radius 3 is 2.60 bits per heavy atom. The number of hydrogen-bond donors (Lipinski definition) is 2. The first-order chi connectivity index (χ1) is 7.12. The summed E-state index contributed by atoms with van der Waals surface area (Å²) in [6, 6.07) is 0.405. The standard InChI is InChI=1S/C11H20N2O2/c12-11(10(14)15)5-3-4-9(8-11)13-6-1-2-7-13/h9H,1-8,12H2,(H,14,15). The van der Waals surface area contributed by atoms with Gasteiger partial charge in [0, 0.05) is 6.04 Å². The number of aliphatic carboxylic acids is 1. The van der Waals surface area contributed by atoms with Crippen LogP contribution in [0.15, 0.2) is 0 Å². The van der Waals surface area contributed by atoms with Crippen molar-refractivity contribution in [3.63, 3.8) is 0 Å². The Kier molecular flexibility index (Phi) is 2.98. The Balaban J connectivity index is 2.00. The molecular formula is C11H20N2O2. The lowest BCUT2D eigenvalue weighted by molar-refractivity contribution is -0.145. The van der Waals surface area contributed by atoms with Gasteiger partial charge in [-0.15, -0.1) is 0 Å². The molecule has 0 radical (unpaired) electrons. The van der Waals surface area contributed by atoms with E-state index in [2.05, 4.69) is 4.90 Å². The summed E-state index contributed by atoms with van der Waals surface area (Å²) in [7, 11) is 0. The molecule has 2 rings (SSSR count). The molecule has 0 bridgehead atoms. The van der Waals surface area contributed by atoms with Crippen molar-refractivity contribution >= 4 is 5.97 Å². The van der Waals surface area contributed by atoms with E-state index in [1.807, 2.05) is 0 Å². The highest BCUT2D eigenvalue weighted by Gasteiger charge is 2.41. The normalized spacial score (nSPS) is 38.1. The average molecular weight is 212 g/mol. The van der Waals surface area contributed by atoms with Crippen LogP contribution in [-0.4, -0.2) is 40.6 Å². The third kappa shape index (κ3) is 2.16. The molecule has 1 heterocycles. The predicted molar refractivity (Wildman–Crippen MR) is 57.6 cm³/mol. The van der Waals surface area contributed by atoms with Crippen molar-refractivity contribution in [2.24, 2.45) is 5.73 Å². The molecule has 0 amide bonds. The summed E-state index contributed by atoms with van der Waals surface area (Å²) >= 11 is 0. The van der Waals surface area contributed by atoms with Gasteiger partial charge in [-0.25, -0.2) is 0 Å². The molecule has 0 aromatic heterocycles. The first-order valence-electron chi connectivity index (χ1n) is 5.88. The molecule has 4 nitrogen and oxygen atoms in total. The molecule has 1 aliphatic carbocycles. The van der Waals surface area contributed by atoms with Crippen molar-refractivity contribution in [3.05, 3.63) is 0 Å². The summed E-state index contributed by atoms with van der Waals surface area (Å²) in [4.78, 5) is 13.5. The maximum absolute atomic E-state index is 11.1. The van der Waals surface area contributed by atoms with Crippen molar-refractivity contribution in [1.29, 1.82) is 0 Å². The Hall–Kier alpha value is -0.610.